The van der Waals surface area contributed by atoms with Crippen LogP contribution in [0, 0.1) is 0 Å². The van der Waals surface area contributed by atoms with Crippen molar-refractivity contribution in [3.05, 3.63) is 36.5 Å². The average molecular weight is 334 g/mol. The largest absolute Gasteiger partial charge is 0.468 e. The van der Waals surface area contributed by atoms with Gasteiger partial charge in [0.1, 0.15) is 6.54 Å². The Hall–Kier alpha value is -2.48. The maximum atomic E-state index is 11.9. The van der Waals surface area contributed by atoms with Crippen molar-refractivity contribution in [2.75, 3.05) is 19.5 Å². The van der Waals surface area contributed by atoms with Gasteiger partial charge in [0.2, 0.25) is 5.91 Å². The standard InChI is InChI=1S/C15H18N4O3S/c1-10(14(21)17-8-13(20)22-2)23-15-18-12(9-19(15)16)11-6-4-3-5-7-11/h3-7,9-10H,8,16H2,1-2H3,(H,17,21). The summed E-state index contributed by atoms with van der Waals surface area (Å²) in [6, 6.07) is 9.63. The molecule has 8 heteroatoms. The number of thioether (sulfide) groups is 1. The fraction of sp³-hybridized carbons (Fsp3) is 0.267. The Labute approximate surface area is 138 Å². The molecule has 2 aromatic rings. The molecule has 1 unspecified atom stereocenters. The molecule has 3 N–H and O–H groups in total. The first-order valence-corrected chi connectivity index (χ1v) is 7.80. The summed E-state index contributed by atoms with van der Waals surface area (Å²) in [5.41, 5.74) is 1.68. The Morgan fingerprint density at radius 2 is 2.09 bits per heavy atom. The zero-order chi connectivity index (χ0) is 16.8. The summed E-state index contributed by atoms with van der Waals surface area (Å²) >= 11 is 1.22. The van der Waals surface area contributed by atoms with Crippen LogP contribution in [0.1, 0.15) is 6.92 Å². The molecule has 1 aromatic heterocycles. The van der Waals surface area contributed by atoms with Gasteiger partial charge in [-0.25, -0.2) is 9.66 Å². The van der Waals surface area contributed by atoms with E-state index in [0.717, 1.165) is 11.3 Å². The van der Waals surface area contributed by atoms with Crippen molar-refractivity contribution in [1.29, 1.82) is 0 Å². The number of carbonyl (C=O) groups excluding carboxylic acids is 2. The van der Waals surface area contributed by atoms with Crippen LogP contribution in [0.3, 0.4) is 0 Å². The molecule has 0 spiro atoms. The molecular formula is C15H18N4O3S. The number of benzene rings is 1. The van der Waals surface area contributed by atoms with E-state index < -0.39 is 11.2 Å². The monoisotopic (exact) mass is 334 g/mol. The van der Waals surface area contributed by atoms with Crippen molar-refractivity contribution in [3.63, 3.8) is 0 Å². The minimum absolute atomic E-state index is 0.160. The van der Waals surface area contributed by atoms with Crippen molar-refractivity contribution < 1.29 is 14.3 Å². The number of hydrogen-bond donors (Lipinski definition) is 2. The number of amides is 1. The van der Waals surface area contributed by atoms with Crippen molar-refractivity contribution in [2.45, 2.75) is 17.3 Å². The lowest BCUT2D eigenvalue weighted by Gasteiger charge is -2.10. The molecule has 0 aliphatic rings. The predicted octanol–water partition coefficient (Wildman–Crippen LogP) is 1.03. The van der Waals surface area contributed by atoms with E-state index in [2.05, 4.69) is 15.0 Å². The number of nitrogens with one attached hydrogen (secondary N) is 1. The van der Waals surface area contributed by atoms with Crippen LogP contribution in [-0.4, -0.2) is 40.4 Å². The highest BCUT2D eigenvalue weighted by atomic mass is 32.2. The third-order valence-electron chi connectivity index (χ3n) is 3.05. The second kappa shape index (κ2) is 7.68. The van der Waals surface area contributed by atoms with Gasteiger partial charge in [0.15, 0.2) is 5.16 Å². The number of esters is 1. The average Bonchev–Trinajstić information content (AvgIpc) is 2.93. The van der Waals surface area contributed by atoms with Crippen LogP contribution >= 0.6 is 11.8 Å². The number of ether oxygens (including phenoxy) is 1. The summed E-state index contributed by atoms with van der Waals surface area (Å²) in [6.07, 6.45) is 1.71. The topological polar surface area (TPSA) is 99.2 Å². The maximum Gasteiger partial charge on any atom is 0.325 e. The Morgan fingerprint density at radius 1 is 1.39 bits per heavy atom. The lowest BCUT2D eigenvalue weighted by Crippen LogP contribution is -2.35. The van der Waals surface area contributed by atoms with Gasteiger partial charge in [0.05, 0.1) is 24.3 Å². The molecule has 0 bridgehead atoms. The molecule has 1 atom stereocenters. The van der Waals surface area contributed by atoms with E-state index in [1.54, 1.807) is 13.1 Å². The highest BCUT2D eigenvalue weighted by Crippen LogP contribution is 2.25. The molecule has 7 nitrogen and oxygen atoms in total. The Morgan fingerprint density at radius 3 is 2.74 bits per heavy atom. The molecule has 1 amide bonds. The number of rotatable bonds is 6. The van der Waals surface area contributed by atoms with Gasteiger partial charge in [-0.1, -0.05) is 42.1 Å². The summed E-state index contributed by atoms with van der Waals surface area (Å²) in [5.74, 6) is 5.11. The molecule has 0 aliphatic heterocycles. The van der Waals surface area contributed by atoms with Gasteiger partial charge in [-0.15, -0.1) is 0 Å². The van der Waals surface area contributed by atoms with Crippen LogP contribution in [-0.2, 0) is 14.3 Å². The van der Waals surface area contributed by atoms with E-state index in [9.17, 15) is 9.59 Å². The number of methoxy groups -OCH3 is 1. The molecule has 2 rings (SSSR count). The second-order valence-electron chi connectivity index (χ2n) is 4.74. The Balaban J connectivity index is 2.01. The Kier molecular flexibility index (Phi) is 5.64. The van der Waals surface area contributed by atoms with Crippen LogP contribution in [0.25, 0.3) is 11.3 Å². The summed E-state index contributed by atoms with van der Waals surface area (Å²) in [4.78, 5) is 27.4. The highest BCUT2D eigenvalue weighted by molar-refractivity contribution is 8.00. The van der Waals surface area contributed by atoms with Crippen LogP contribution in [0.4, 0.5) is 0 Å². The molecule has 0 fully saturated rings. The fourth-order valence-corrected chi connectivity index (χ4v) is 2.63. The van der Waals surface area contributed by atoms with E-state index in [-0.39, 0.29) is 12.5 Å². The SMILES string of the molecule is COC(=O)CNC(=O)C(C)Sc1nc(-c2ccccc2)cn1N. The molecule has 0 saturated heterocycles. The number of nitrogens with zero attached hydrogens (tertiary/aromatic N) is 2. The van der Waals surface area contributed by atoms with Crippen LogP contribution < -0.4 is 11.2 Å². The van der Waals surface area contributed by atoms with Crippen molar-refractivity contribution >= 4 is 23.6 Å². The van der Waals surface area contributed by atoms with Crippen molar-refractivity contribution in [3.8, 4) is 11.3 Å². The maximum absolute atomic E-state index is 11.9. The van der Waals surface area contributed by atoms with Crippen LogP contribution in [0.2, 0.25) is 0 Å². The first kappa shape index (κ1) is 16.9. The van der Waals surface area contributed by atoms with E-state index >= 15 is 0 Å². The van der Waals surface area contributed by atoms with Gasteiger partial charge in [0, 0.05) is 5.56 Å². The van der Waals surface area contributed by atoms with Gasteiger partial charge in [-0.05, 0) is 6.92 Å². The zero-order valence-corrected chi connectivity index (χ0v) is 13.7. The lowest BCUT2D eigenvalue weighted by atomic mass is 10.2. The molecule has 23 heavy (non-hydrogen) atoms. The van der Waals surface area contributed by atoms with Gasteiger partial charge in [0.25, 0.3) is 0 Å². The number of aromatic nitrogens is 2. The number of nitrogen functional groups attached to an aromatic ring is 1. The first-order chi connectivity index (χ1) is 11.0. The molecule has 0 radical (unpaired) electrons. The van der Waals surface area contributed by atoms with E-state index in [1.165, 1.54) is 23.5 Å². The molecular weight excluding hydrogens is 316 g/mol. The van der Waals surface area contributed by atoms with Gasteiger partial charge in [-0.3, -0.25) is 9.59 Å². The number of imidazole rings is 1. The van der Waals surface area contributed by atoms with Crippen molar-refractivity contribution in [1.82, 2.24) is 15.0 Å². The third kappa shape index (κ3) is 4.49. The molecule has 1 aromatic carbocycles. The molecule has 122 valence electrons. The van der Waals surface area contributed by atoms with Gasteiger partial charge < -0.3 is 15.9 Å². The third-order valence-corrected chi connectivity index (χ3v) is 4.13. The summed E-state index contributed by atoms with van der Waals surface area (Å²) < 4.78 is 5.86. The second-order valence-corrected chi connectivity index (χ2v) is 6.04. The minimum atomic E-state index is -0.498. The predicted molar refractivity (Wildman–Crippen MR) is 88.2 cm³/mol. The van der Waals surface area contributed by atoms with Crippen LogP contribution in [0.15, 0.2) is 41.7 Å². The van der Waals surface area contributed by atoms with E-state index in [4.69, 9.17) is 5.84 Å². The number of carbonyl (C=O) groups is 2. The molecule has 1 heterocycles. The highest BCUT2D eigenvalue weighted by Gasteiger charge is 2.19. The summed E-state index contributed by atoms with van der Waals surface area (Å²) in [5, 5.41) is 2.57. The minimum Gasteiger partial charge on any atom is -0.468 e. The normalized spacial score (nSPS) is 11.7. The van der Waals surface area contributed by atoms with E-state index in [0.29, 0.717) is 5.16 Å². The lowest BCUT2D eigenvalue weighted by molar-refractivity contribution is -0.141. The quantitative estimate of drug-likeness (QED) is 0.465. The summed E-state index contributed by atoms with van der Waals surface area (Å²) in [6.45, 7) is 1.56. The fourth-order valence-electron chi connectivity index (χ4n) is 1.80. The van der Waals surface area contributed by atoms with Crippen LogP contribution in [0.5, 0.6) is 0 Å². The van der Waals surface area contributed by atoms with Crippen molar-refractivity contribution in [2.24, 2.45) is 0 Å². The molecule has 0 aliphatic carbocycles. The van der Waals surface area contributed by atoms with E-state index in [1.807, 2.05) is 30.3 Å². The number of hydrogen-bond acceptors (Lipinski definition) is 6. The molecule has 0 saturated carbocycles. The Bertz CT molecular complexity index is 687. The first-order valence-electron chi connectivity index (χ1n) is 6.92. The van der Waals surface area contributed by atoms with Gasteiger partial charge in [-0.2, -0.15) is 0 Å². The summed E-state index contributed by atoms with van der Waals surface area (Å²) in [7, 11) is 1.27. The zero-order valence-electron chi connectivity index (χ0n) is 12.9. The number of nitrogens with two attached hydrogens (primary N) is 1. The smallest absolute Gasteiger partial charge is 0.325 e. The van der Waals surface area contributed by atoms with Gasteiger partial charge >= 0.3 is 5.97 Å².